The van der Waals surface area contributed by atoms with Crippen LogP contribution in [0.25, 0.3) is 0 Å². The van der Waals surface area contributed by atoms with Crippen molar-refractivity contribution in [3.05, 3.63) is 47.3 Å². The van der Waals surface area contributed by atoms with E-state index in [2.05, 4.69) is 15.3 Å². The number of imidazole rings is 1. The maximum absolute atomic E-state index is 13.6. The topological polar surface area (TPSA) is 49.9 Å². The van der Waals surface area contributed by atoms with Gasteiger partial charge in [-0.15, -0.1) is 0 Å². The fourth-order valence-corrected chi connectivity index (χ4v) is 2.76. The van der Waals surface area contributed by atoms with Gasteiger partial charge < -0.3 is 15.0 Å². The molecule has 0 bridgehead atoms. The average Bonchev–Trinajstić information content (AvgIpc) is 2.89. The summed E-state index contributed by atoms with van der Waals surface area (Å²) in [5.74, 6) is 0.383. The fourth-order valence-electron chi connectivity index (χ4n) is 2.76. The van der Waals surface area contributed by atoms with E-state index in [-0.39, 0.29) is 5.82 Å². The quantitative estimate of drug-likeness (QED) is 0.869. The van der Waals surface area contributed by atoms with Gasteiger partial charge in [-0.3, -0.25) is 0 Å². The average molecular weight is 261 g/mol. The molecule has 19 heavy (non-hydrogen) atoms. The normalized spacial score (nSPS) is 22.1. The van der Waals surface area contributed by atoms with Crippen molar-refractivity contribution in [3.8, 4) is 5.75 Å². The molecule has 0 radical (unpaired) electrons. The van der Waals surface area contributed by atoms with E-state index in [1.165, 1.54) is 12.1 Å². The summed E-state index contributed by atoms with van der Waals surface area (Å²) in [4.78, 5) is 7.54. The number of benzene rings is 1. The van der Waals surface area contributed by atoms with Crippen LogP contribution in [0.15, 0.2) is 24.5 Å². The number of nitrogens with zero attached hydrogens (tertiary/aromatic N) is 1. The zero-order valence-electron chi connectivity index (χ0n) is 11.0. The first-order valence-corrected chi connectivity index (χ1v) is 6.27. The Morgan fingerprint density at radius 2 is 2.26 bits per heavy atom. The summed E-state index contributed by atoms with van der Waals surface area (Å²) in [7, 11) is 1.59. The zero-order valence-corrected chi connectivity index (χ0v) is 11.0. The highest BCUT2D eigenvalue weighted by atomic mass is 19.1. The standard InChI is InChI=1S/C14H16FN3O/c1-14(10-7-9(15)3-4-12(10)19-2)13-11(5-6-18-14)16-8-17-13/h3-4,7-8,18H,5-6H2,1-2H3,(H,16,17). The molecule has 0 fully saturated rings. The Hall–Kier alpha value is -1.88. The number of nitrogens with one attached hydrogen (secondary N) is 2. The first kappa shape index (κ1) is 12.2. The van der Waals surface area contributed by atoms with Crippen LogP contribution < -0.4 is 10.1 Å². The maximum Gasteiger partial charge on any atom is 0.124 e. The molecule has 0 spiro atoms. The van der Waals surface area contributed by atoms with Crippen LogP contribution in [0.2, 0.25) is 0 Å². The van der Waals surface area contributed by atoms with E-state index < -0.39 is 5.54 Å². The number of halogens is 1. The smallest absolute Gasteiger partial charge is 0.124 e. The van der Waals surface area contributed by atoms with Crippen molar-refractivity contribution in [1.82, 2.24) is 15.3 Å². The third-order valence-electron chi connectivity index (χ3n) is 3.75. The van der Waals surface area contributed by atoms with Gasteiger partial charge in [0.05, 0.1) is 24.7 Å². The van der Waals surface area contributed by atoms with E-state index in [4.69, 9.17) is 4.74 Å². The summed E-state index contributed by atoms with van der Waals surface area (Å²) in [6, 6.07) is 4.56. The lowest BCUT2D eigenvalue weighted by Gasteiger charge is -2.35. The van der Waals surface area contributed by atoms with Crippen LogP contribution >= 0.6 is 0 Å². The van der Waals surface area contributed by atoms with Gasteiger partial charge in [-0.25, -0.2) is 9.37 Å². The number of aromatic nitrogens is 2. The minimum absolute atomic E-state index is 0.276. The first-order chi connectivity index (χ1) is 9.15. The van der Waals surface area contributed by atoms with Crippen molar-refractivity contribution in [2.45, 2.75) is 18.9 Å². The minimum atomic E-state index is -0.541. The number of fused-ring (bicyclic) bond motifs is 1. The van der Waals surface area contributed by atoms with Crippen LogP contribution in [0.3, 0.4) is 0 Å². The third-order valence-corrected chi connectivity index (χ3v) is 3.75. The monoisotopic (exact) mass is 261 g/mol. The predicted octanol–water partition coefficient (Wildman–Crippen LogP) is 1.97. The van der Waals surface area contributed by atoms with Crippen molar-refractivity contribution in [3.63, 3.8) is 0 Å². The van der Waals surface area contributed by atoms with E-state index in [1.54, 1.807) is 19.5 Å². The number of rotatable bonds is 2. The van der Waals surface area contributed by atoms with Gasteiger partial charge in [0.1, 0.15) is 11.6 Å². The molecule has 2 N–H and O–H groups in total. The van der Waals surface area contributed by atoms with Crippen LogP contribution in [0, 0.1) is 5.82 Å². The molecule has 0 amide bonds. The number of methoxy groups -OCH3 is 1. The molecule has 2 aromatic rings. The van der Waals surface area contributed by atoms with E-state index in [9.17, 15) is 4.39 Å². The SMILES string of the molecule is COc1ccc(F)cc1C1(C)NCCc2[nH]cnc21. The lowest BCUT2D eigenvalue weighted by Crippen LogP contribution is -2.46. The van der Waals surface area contributed by atoms with Crippen molar-refractivity contribution < 1.29 is 9.13 Å². The van der Waals surface area contributed by atoms with E-state index in [0.717, 1.165) is 29.9 Å². The molecule has 100 valence electrons. The van der Waals surface area contributed by atoms with Gasteiger partial charge in [0.15, 0.2) is 0 Å². The molecule has 5 heteroatoms. The first-order valence-electron chi connectivity index (χ1n) is 6.27. The summed E-state index contributed by atoms with van der Waals surface area (Å²) in [5.41, 5.74) is 2.22. The Balaban J connectivity index is 2.19. The van der Waals surface area contributed by atoms with Crippen molar-refractivity contribution >= 4 is 0 Å². The van der Waals surface area contributed by atoms with Gasteiger partial charge in [0.25, 0.3) is 0 Å². The third kappa shape index (κ3) is 1.81. The summed E-state index contributed by atoms with van der Waals surface area (Å²) in [5, 5.41) is 3.43. The van der Waals surface area contributed by atoms with Gasteiger partial charge in [-0.2, -0.15) is 0 Å². The number of hydrogen-bond donors (Lipinski definition) is 2. The molecule has 0 aliphatic carbocycles. The highest BCUT2D eigenvalue weighted by molar-refractivity contribution is 5.46. The zero-order chi connectivity index (χ0) is 13.5. The van der Waals surface area contributed by atoms with Crippen molar-refractivity contribution in [2.24, 2.45) is 0 Å². The summed E-state index contributed by atoms with van der Waals surface area (Å²) in [6.45, 7) is 2.81. The van der Waals surface area contributed by atoms with Crippen LogP contribution in [-0.4, -0.2) is 23.6 Å². The molecule has 1 aromatic carbocycles. The second kappa shape index (κ2) is 4.35. The van der Waals surface area contributed by atoms with Crippen molar-refractivity contribution in [2.75, 3.05) is 13.7 Å². The molecule has 3 rings (SSSR count). The van der Waals surface area contributed by atoms with Gasteiger partial charge in [0.2, 0.25) is 0 Å². The molecule has 0 saturated heterocycles. The Morgan fingerprint density at radius 3 is 3.05 bits per heavy atom. The van der Waals surface area contributed by atoms with E-state index in [0.29, 0.717) is 5.75 Å². The second-order valence-electron chi connectivity index (χ2n) is 4.88. The van der Waals surface area contributed by atoms with E-state index in [1.807, 2.05) is 6.92 Å². The molecule has 1 aliphatic rings. The molecular weight excluding hydrogens is 245 g/mol. The molecule has 1 aromatic heterocycles. The van der Waals surface area contributed by atoms with Gasteiger partial charge >= 0.3 is 0 Å². The summed E-state index contributed by atoms with van der Waals surface area (Å²) >= 11 is 0. The summed E-state index contributed by atoms with van der Waals surface area (Å²) in [6.07, 6.45) is 2.57. The molecule has 2 heterocycles. The lowest BCUT2D eigenvalue weighted by atomic mass is 9.84. The highest BCUT2D eigenvalue weighted by Gasteiger charge is 2.38. The molecule has 1 atom stereocenters. The molecule has 1 aliphatic heterocycles. The molecule has 1 unspecified atom stereocenters. The number of aromatic amines is 1. The van der Waals surface area contributed by atoms with Crippen LogP contribution in [0.1, 0.15) is 23.9 Å². The fraction of sp³-hybridized carbons (Fsp3) is 0.357. The predicted molar refractivity (Wildman–Crippen MR) is 69.7 cm³/mol. The Kier molecular flexibility index (Phi) is 2.78. The minimum Gasteiger partial charge on any atom is -0.496 e. The highest BCUT2D eigenvalue weighted by Crippen LogP contribution is 2.37. The number of hydrogen-bond acceptors (Lipinski definition) is 3. The van der Waals surface area contributed by atoms with E-state index >= 15 is 0 Å². The van der Waals surface area contributed by atoms with Gasteiger partial charge in [-0.1, -0.05) is 0 Å². The Labute approximate surface area is 111 Å². The number of ether oxygens (including phenoxy) is 1. The molecule has 0 saturated carbocycles. The Bertz CT molecular complexity index is 610. The molecular formula is C14H16FN3O. The van der Waals surface area contributed by atoms with Gasteiger partial charge in [-0.05, 0) is 25.1 Å². The lowest BCUT2D eigenvalue weighted by molar-refractivity contribution is 0.359. The van der Waals surface area contributed by atoms with Crippen LogP contribution in [0.5, 0.6) is 5.75 Å². The largest absolute Gasteiger partial charge is 0.496 e. The van der Waals surface area contributed by atoms with Crippen LogP contribution in [-0.2, 0) is 12.0 Å². The Morgan fingerprint density at radius 1 is 1.42 bits per heavy atom. The van der Waals surface area contributed by atoms with Crippen molar-refractivity contribution in [1.29, 1.82) is 0 Å². The summed E-state index contributed by atoms with van der Waals surface area (Å²) < 4.78 is 19.0. The number of H-pyrrole nitrogens is 1. The maximum atomic E-state index is 13.6. The van der Waals surface area contributed by atoms with Crippen LogP contribution in [0.4, 0.5) is 4.39 Å². The molecule has 4 nitrogen and oxygen atoms in total. The van der Waals surface area contributed by atoms with Gasteiger partial charge in [0, 0.05) is 24.2 Å². The second-order valence-corrected chi connectivity index (χ2v) is 4.88.